The Morgan fingerprint density at radius 1 is 1.11 bits per heavy atom. The van der Waals surface area contributed by atoms with E-state index >= 15 is 0 Å². The predicted octanol–water partition coefficient (Wildman–Crippen LogP) is 2.30. The molecule has 5 N–H and O–H groups in total. The van der Waals surface area contributed by atoms with Gasteiger partial charge >= 0.3 is 0 Å². The number of nitrogens with zero attached hydrogens (tertiary/aromatic N) is 1. The van der Waals surface area contributed by atoms with E-state index in [0.29, 0.717) is 5.82 Å². The second-order valence-electron chi connectivity index (χ2n) is 7.35. The van der Waals surface area contributed by atoms with Gasteiger partial charge in [0.15, 0.2) is 0 Å². The largest absolute Gasteiger partial charge is 0.507 e. The topological polar surface area (TPSA) is 82.8 Å². The van der Waals surface area contributed by atoms with Crippen molar-refractivity contribution in [1.29, 1.82) is 0 Å². The summed E-state index contributed by atoms with van der Waals surface area (Å²) in [4.78, 5) is 2.25. The number of phenolic OH excluding ortho intramolecular Hbond substituents is 1. The summed E-state index contributed by atoms with van der Waals surface area (Å²) in [5.41, 5.74) is 15.8. The van der Waals surface area contributed by atoms with Gasteiger partial charge < -0.3 is 20.5 Å². The number of rotatable bonds is 5. The third kappa shape index (κ3) is 3.51. The van der Waals surface area contributed by atoms with Crippen molar-refractivity contribution in [1.82, 2.24) is 15.8 Å². The fourth-order valence-electron chi connectivity index (χ4n) is 3.96. The number of benzene rings is 2. The molecule has 1 unspecified atom stereocenters. The van der Waals surface area contributed by atoms with Crippen LogP contribution in [-0.2, 0) is 11.2 Å². The Bertz CT molecular complexity index is 910. The molecule has 1 saturated heterocycles. The first-order chi connectivity index (χ1) is 13.6. The number of hydrazine groups is 1. The molecular weight excluding hydrogens is 352 g/mol. The molecule has 2 aliphatic rings. The van der Waals surface area contributed by atoms with E-state index in [4.69, 9.17) is 10.5 Å². The number of phenols is 1. The molecule has 0 bridgehead atoms. The lowest BCUT2D eigenvalue weighted by Gasteiger charge is -2.31. The van der Waals surface area contributed by atoms with E-state index in [1.165, 1.54) is 5.56 Å². The summed E-state index contributed by atoms with van der Waals surface area (Å²) in [5, 5.41) is 10.2. The minimum Gasteiger partial charge on any atom is -0.507 e. The van der Waals surface area contributed by atoms with Crippen molar-refractivity contribution in [3.63, 3.8) is 0 Å². The maximum Gasteiger partial charge on any atom is 0.139 e. The van der Waals surface area contributed by atoms with Crippen LogP contribution in [0.15, 0.2) is 72.2 Å². The maximum atomic E-state index is 10.2. The van der Waals surface area contributed by atoms with E-state index < -0.39 is 0 Å². The van der Waals surface area contributed by atoms with Gasteiger partial charge in [-0.05, 0) is 30.2 Å². The van der Waals surface area contributed by atoms with E-state index in [9.17, 15) is 5.11 Å². The zero-order valence-corrected chi connectivity index (χ0v) is 16.0. The summed E-state index contributed by atoms with van der Waals surface area (Å²) in [6, 6.07) is 17.7. The lowest BCUT2D eigenvalue weighted by Crippen LogP contribution is -2.42. The fraction of sp³-hybridized carbons (Fsp3) is 0.273. The number of allylic oxidation sites excluding steroid dienone is 1. The molecule has 6 nitrogen and oxygen atoms in total. The summed E-state index contributed by atoms with van der Waals surface area (Å²) in [5.74, 6) is 0.783. The van der Waals surface area contributed by atoms with Gasteiger partial charge in [-0.25, -0.2) is 0 Å². The molecular formula is C22H26N4O2. The fourth-order valence-corrected chi connectivity index (χ4v) is 3.96. The van der Waals surface area contributed by atoms with Gasteiger partial charge in [-0.1, -0.05) is 42.5 Å². The molecule has 2 heterocycles. The van der Waals surface area contributed by atoms with E-state index in [0.717, 1.165) is 42.9 Å². The summed E-state index contributed by atoms with van der Waals surface area (Å²) in [7, 11) is 1.79. The van der Waals surface area contributed by atoms with Crippen molar-refractivity contribution in [2.24, 2.45) is 5.73 Å². The highest BCUT2D eigenvalue weighted by Crippen LogP contribution is 2.33. The zero-order valence-electron chi connectivity index (χ0n) is 16.0. The molecule has 4 rings (SSSR count). The van der Waals surface area contributed by atoms with Crippen LogP contribution in [0.5, 0.6) is 5.75 Å². The smallest absolute Gasteiger partial charge is 0.139 e. The van der Waals surface area contributed by atoms with E-state index in [1.54, 1.807) is 19.2 Å². The second-order valence-corrected chi connectivity index (χ2v) is 7.35. The first kappa shape index (κ1) is 18.3. The second kappa shape index (κ2) is 7.48. The van der Waals surface area contributed by atoms with Gasteiger partial charge in [0.05, 0.1) is 17.0 Å². The quantitative estimate of drug-likeness (QED) is 0.639. The highest BCUT2D eigenvalue weighted by atomic mass is 16.5. The Hall–Kier alpha value is -3.12. The molecule has 1 atom stereocenters. The summed E-state index contributed by atoms with van der Waals surface area (Å²) < 4.78 is 5.99. The molecule has 0 saturated carbocycles. The average molecular weight is 378 g/mol. The molecule has 28 heavy (non-hydrogen) atoms. The third-order valence-corrected chi connectivity index (χ3v) is 5.54. The van der Waals surface area contributed by atoms with Crippen LogP contribution in [0.25, 0.3) is 5.70 Å². The van der Waals surface area contributed by atoms with Crippen LogP contribution in [-0.4, -0.2) is 35.8 Å². The minimum absolute atomic E-state index is 0.222. The normalized spacial score (nSPS) is 21.9. The first-order valence-electron chi connectivity index (χ1n) is 9.46. The first-order valence-corrected chi connectivity index (χ1v) is 9.46. The van der Waals surface area contributed by atoms with Crippen LogP contribution in [0.3, 0.4) is 0 Å². The van der Waals surface area contributed by atoms with Gasteiger partial charge in [-0.3, -0.25) is 10.9 Å². The van der Waals surface area contributed by atoms with Gasteiger partial charge in [0.1, 0.15) is 11.6 Å². The molecule has 2 aromatic rings. The monoisotopic (exact) mass is 378 g/mol. The number of likely N-dealkylation sites (tertiary alicyclic amines) is 1. The van der Waals surface area contributed by atoms with Crippen molar-refractivity contribution in [2.45, 2.75) is 18.4 Å². The van der Waals surface area contributed by atoms with Crippen LogP contribution >= 0.6 is 0 Å². The Labute approximate surface area is 165 Å². The average Bonchev–Trinajstić information content (AvgIpc) is 3.14. The molecule has 0 amide bonds. The minimum atomic E-state index is -0.248. The Balaban J connectivity index is 1.57. The molecule has 6 heteroatoms. The van der Waals surface area contributed by atoms with Crippen molar-refractivity contribution in [3.05, 3.63) is 83.3 Å². The number of nitrogens with two attached hydrogens (primary N) is 1. The van der Waals surface area contributed by atoms with Crippen molar-refractivity contribution < 1.29 is 9.84 Å². The predicted molar refractivity (Wildman–Crippen MR) is 110 cm³/mol. The molecule has 2 aromatic carbocycles. The van der Waals surface area contributed by atoms with Crippen molar-refractivity contribution >= 4 is 5.70 Å². The van der Waals surface area contributed by atoms with E-state index in [1.807, 2.05) is 24.3 Å². The van der Waals surface area contributed by atoms with Crippen LogP contribution in [0.1, 0.15) is 17.5 Å². The standard InChI is InChI=1S/C22H26N4O2/c1-28-22(14-16-7-3-2-4-8-16)11-12-26(15-22)19-13-18(24-25-21(19)23)17-9-5-6-10-20(17)27/h2-10,13,24-25,27H,11-12,14-15,23H2,1H3. The molecule has 146 valence electrons. The van der Waals surface area contributed by atoms with E-state index in [2.05, 4.69) is 40.0 Å². The Morgan fingerprint density at radius 3 is 2.61 bits per heavy atom. The highest BCUT2D eigenvalue weighted by Gasteiger charge is 2.39. The number of para-hydroxylation sites is 1. The number of hydrogen-bond donors (Lipinski definition) is 4. The SMILES string of the molecule is COC1(Cc2ccccc2)CCN(C2=C(N)NNC(c3ccccc3O)=C2)C1. The van der Waals surface area contributed by atoms with Crippen LogP contribution in [0.4, 0.5) is 0 Å². The van der Waals surface area contributed by atoms with Gasteiger partial charge in [0.25, 0.3) is 0 Å². The summed E-state index contributed by atoms with van der Waals surface area (Å²) in [6.45, 7) is 1.60. The molecule has 0 aromatic heterocycles. The molecule has 0 radical (unpaired) electrons. The molecule has 2 aliphatic heterocycles. The number of methoxy groups -OCH3 is 1. The molecule has 1 fully saturated rings. The van der Waals surface area contributed by atoms with Crippen LogP contribution in [0, 0.1) is 0 Å². The van der Waals surface area contributed by atoms with Gasteiger partial charge in [-0.2, -0.15) is 0 Å². The summed E-state index contributed by atoms with van der Waals surface area (Å²) >= 11 is 0. The highest BCUT2D eigenvalue weighted by molar-refractivity contribution is 5.71. The zero-order chi connectivity index (χ0) is 19.6. The lowest BCUT2D eigenvalue weighted by atomic mass is 9.93. The number of aromatic hydroxyl groups is 1. The number of nitrogens with one attached hydrogen (secondary N) is 2. The van der Waals surface area contributed by atoms with Gasteiger partial charge in [0, 0.05) is 32.2 Å². The lowest BCUT2D eigenvalue weighted by molar-refractivity contribution is 0.00123. The number of ether oxygens (including phenoxy) is 1. The molecule has 0 spiro atoms. The van der Waals surface area contributed by atoms with E-state index in [-0.39, 0.29) is 11.4 Å². The Kier molecular flexibility index (Phi) is 4.88. The van der Waals surface area contributed by atoms with Crippen molar-refractivity contribution in [3.8, 4) is 5.75 Å². The summed E-state index contributed by atoms with van der Waals surface area (Å²) in [6.07, 6.45) is 3.76. The van der Waals surface area contributed by atoms with Gasteiger partial charge in [-0.15, -0.1) is 0 Å². The molecule has 0 aliphatic carbocycles. The van der Waals surface area contributed by atoms with Gasteiger partial charge in [0.2, 0.25) is 0 Å². The third-order valence-electron chi connectivity index (χ3n) is 5.54. The van der Waals surface area contributed by atoms with Crippen LogP contribution < -0.4 is 16.6 Å². The van der Waals surface area contributed by atoms with Crippen molar-refractivity contribution in [2.75, 3.05) is 20.2 Å². The Morgan fingerprint density at radius 2 is 1.86 bits per heavy atom. The number of hydrogen-bond acceptors (Lipinski definition) is 6. The van der Waals surface area contributed by atoms with Crippen LogP contribution in [0.2, 0.25) is 0 Å². The maximum absolute atomic E-state index is 10.2.